The van der Waals surface area contributed by atoms with Crippen molar-refractivity contribution in [2.45, 2.75) is 24.6 Å². The van der Waals surface area contributed by atoms with Crippen molar-refractivity contribution in [1.29, 1.82) is 0 Å². The lowest BCUT2D eigenvalue weighted by Crippen LogP contribution is -2.41. The number of benzene rings is 3. The van der Waals surface area contributed by atoms with Crippen LogP contribution in [0, 0.1) is 0 Å². The monoisotopic (exact) mass is 498 g/mol. The van der Waals surface area contributed by atoms with E-state index in [2.05, 4.69) is 5.32 Å². The lowest BCUT2D eigenvalue weighted by atomic mass is 10.1. The van der Waals surface area contributed by atoms with Crippen molar-refractivity contribution in [2.24, 2.45) is 9.98 Å². The van der Waals surface area contributed by atoms with Gasteiger partial charge in [0.25, 0.3) is 5.91 Å². The molecular formula is C27H22N4O4S. The van der Waals surface area contributed by atoms with Crippen LogP contribution in [0.25, 0.3) is 0 Å². The van der Waals surface area contributed by atoms with Crippen LogP contribution in [0.15, 0.2) is 82.8 Å². The summed E-state index contributed by atoms with van der Waals surface area (Å²) in [6.07, 6.45) is 0.540. The van der Waals surface area contributed by atoms with Crippen LogP contribution in [0.3, 0.4) is 0 Å². The highest BCUT2D eigenvalue weighted by atomic mass is 32.2. The molecular weight excluding hydrogens is 476 g/mol. The number of aliphatic imine (C=N–C) groups is 2. The van der Waals surface area contributed by atoms with Crippen LogP contribution in [0.5, 0.6) is 11.5 Å². The van der Waals surface area contributed by atoms with Crippen LogP contribution < -0.4 is 14.8 Å². The molecule has 3 heterocycles. The first-order chi connectivity index (χ1) is 17.6. The maximum Gasteiger partial charge on any atom is 0.263 e. The van der Waals surface area contributed by atoms with E-state index in [1.165, 1.54) is 11.8 Å². The zero-order valence-electron chi connectivity index (χ0n) is 19.4. The van der Waals surface area contributed by atoms with Gasteiger partial charge in [-0.15, -0.1) is 0 Å². The molecule has 0 unspecified atom stereocenters. The molecule has 1 N–H and O–H groups in total. The lowest BCUT2D eigenvalue weighted by Gasteiger charge is -2.27. The summed E-state index contributed by atoms with van der Waals surface area (Å²) >= 11 is 1.27. The molecule has 0 radical (unpaired) electrons. The number of amidine groups is 2. The fraction of sp³-hybridized carbons (Fsp3) is 0.185. The van der Waals surface area contributed by atoms with Gasteiger partial charge in [-0.2, -0.15) is 0 Å². The van der Waals surface area contributed by atoms with Crippen LogP contribution in [0.2, 0.25) is 0 Å². The SMILES string of the molecule is CC[C@H](SC1=Nc2ccccc2C2=N[C@H](c3ccccc3)C(=O)N12)C(=O)Nc1ccc2c(c1)OCO2. The predicted octanol–water partition coefficient (Wildman–Crippen LogP) is 4.90. The number of nitrogens with zero attached hydrogens (tertiary/aromatic N) is 3. The minimum absolute atomic E-state index is 0.166. The molecule has 36 heavy (non-hydrogen) atoms. The normalized spacial score (nSPS) is 18.2. The van der Waals surface area contributed by atoms with Crippen LogP contribution in [-0.2, 0) is 9.59 Å². The summed E-state index contributed by atoms with van der Waals surface area (Å²) < 4.78 is 10.8. The number of nitrogens with one attached hydrogen (secondary N) is 1. The second-order valence-corrected chi connectivity index (χ2v) is 9.59. The Kier molecular flexibility index (Phi) is 5.69. The molecule has 9 heteroatoms. The molecule has 0 spiro atoms. The zero-order valence-corrected chi connectivity index (χ0v) is 20.2. The van der Waals surface area contributed by atoms with E-state index in [4.69, 9.17) is 19.5 Å². The average molecular weight is 499 g/mol. The highest BCUT2D eigenvalue weighted by Crippen LogP contribution is 2.39. The maximum atomic E-state index is 13.6. The Morgan fingerprint density at radius 3 is 2.69 bits per heavy atom. The van der Waals surface area contributed by atoms with E-state index in [9.17, 15) is 9.59 Å². The summed E-state index contributed by atoms with van der Waals surface area (Å²) in [6.45, 7) is 2.10. The summed E-state index contributed by atoms with van der Waals surface area (Å²) in [5, 5.41) is 2.92. The van der Waals surface area contributed by atoms with Gasteiger partial charge in [-0.3, -0.25) is 9.59 Å². The van der Waals surface area contributed by atoms with Gasteiger partial charge in [-0.25, -0.2) is 14.9 Å². The van der Waals surface area contributed by atoms with Gasteiger partial charge in [0.2, 0.25) is 12.7 Å². The second kappa shape index (κ2) is 9.16. The number of fused-ring (bicyclic) bond motifs is 4. The molecule has 2 atom stereocenters. The van der Waals surface area contributed by atoms with E-state index in [0.717, 1.165) is 16.8 Å². The van der Waals surface area contributed by atoms with Gasteiger partial charge in [0.1, 0.15) is 5.84 Å². The van der Waals surface area contributed by atoms with E-state index in [1.54, 1.807) is 23.1 Å². The molecule has 3 aliphatic rings. The summed E-state index contributed by atoms with van der Waals surface area (Å²) in [5.41, 5.74) is 2.95. The quantitative estimate of drug-likeness (QED) is 0.540. The van der Waals surface area contributed by atoms with E-state index in [1.807, 2.05) is 61.5 Å². The number of ether oxygens (including phenoxy) is 2. The lowest BCUT2D eigenvalue weighted by molar-refractivity contribution is -0.124. The van der Waals surface area contributed by atoms with E-state index in [0.29, 0.717) is 34.6 Å². The van der Waals surface area contributed by atoms with Gasteiger partial charge < -0.3 is 14.8 Å². The second-order valence-electron chi connectivity index (χ2n) is 8.42. The first-order valence-electron chi connectivity index (χ1n) is 11.6. The molecule has 0 saturated heterocycles. The third-order valence-corrected chi connectivity index (χ3v) is 7.45. The Balaban J connectivity index is 1.29. The van der Waals surface area contributed by atoms with Crippen molar-refractivity contribution in [3.05, 3.63) is 83.9 Å². The number of para-hydroxylation sites is 1. The van der Waals surface area contributed by atoms with Gasteiger partial charge in [0.15, 0.2) is 22.7 Å². The number of carbonyl (C=O) groups is 2. The van der Waals surface area contributed by atoms with Crippen LogP contribution in [0.1, 0.15) is 30.5 Å². The molecule has 3 aliphatic heterocycles. The molecule has 0 bridgehead atoms. The minimum Gasteiger partial charge on any atom is -0.454 e. The highest BCUT2D eigenvalue weighted by Gasteiger charge is 2.43. The molecule has 180 valence electrons. The van der Waals surface area contributed by atoms with Crippen molar-refractivity contribution in [3.8, 4) is 11.5 Å². The van der Waals surface area contributed by atoms with Crippen molar-refractivity contribution >= 4 is 46.0 Å². The number of carbonyl (C=O) groups excluding carboxylic acids is 2. The van der Waals surface area contributed by atoms with Crippen molar-refractivity contribution in [2.75, 3.05) is 12.1 Å². The fourth-order valence-corrected chi connectivity index (χ4v) is 5.35. The topological polar surface area (TPSA) is 92.6 Å². The summed E-state index contributed by atoms with van der Waals surface area (Å²) in [6, 6.07) is 21.7. The molecule has 0 fully saturated rings. The standard InChI is InChI=1S/C27H22N4O4S/c1-2-22(25(32)28-17-12-13-20-21(14-17)35-15-34-20)36-27-29-19-11-7-6-10-18(19)24-30-23(26(33)31(24)27)16-8-4-3-5-9-16/h3-14,22-23H,2,15H2,1H3,(H,28,32)/t22-,23+/m0/s1. The Hall–Kier alpha value is -4.11. The van der Waals surface area contributed by atoms with Gasteiger partial charge in [-0.1, -0.05) is 61.2 Å². The van der Waals surface area contributed by atoms with E-state index in [-0.39, 0.29) is 18.6 Å². The number of anilines is 1. The van der Waals surface area contributed by atoms with Crippen molar-refractivity contribution < 1.29 is 19.1 Å². The van der Waals surface area contributed by atoms with Crippen LogP contribution in [0.4, 0.5) is 11.4 Å². The largest absolute Gasteiger partial charge is 0.454 e. The zero-order chi connectivity index (χ0) is 24.6. The van der Waals surface area contributed by atoms with Crippen molar-refractivity contribution in [1.82, 2.24) is 4.90 Å². The summed E-state index contributed by atoms with van der Waals surface area (Å²) in [5.74, 6) is 1.44. The fourth-order valence-electron chi connectivity index (χ4n) is 4.33. The third kappa shape index (κ3) is 3.91. The van der Waals surface area contributed by atoms with Gasteiger partial charge in [0.05, 0.1) is 10.9 Å². The third-order valence-electron chi connectivity index (χ3n) is 6.14. The van der Waals surface area contributed by atoms with Crippen LogP contribution >= 0.6 is 11.8 Å². The Bertz CT molecular complexity index is 1420. The number of hydrogen-bond donors (Lipinski definition) is 1. The van der Waals surface area contributed by atoms with E-state index < -0.39 is 11.3 Å². The molecule has 0 aromatic heterocycles. The first-order valence-corrected chi connectivity index (χ1v) is 12.5. The molecule has 6 rings (SSSR count). The number of hydrogen-bond acceptors (Lipinski definition) is 7. The molecule has 3 aromatic carbocycles. The highest BCUT2D eigenvalue weighted by molar-refractivity contribution is 8.15. The van der Waals surface area contributed by atoms with Crippen LogP contribution in [-0.4, -0.2) is 39.8 Å². The summed E-state index contributed by atoms with van der Waals surface area (Å²) in [7, 11) is 0. The molecule has 0 saturated carbocycles. The Labute approximate surface area is 212 Å². The van der Waals surface area contributed by atoms with Crippen molar-refractivity contribution in [3.63, 3.8) is 0 Å². The Morgan fingerprint density at radius 2 is 1.86 bits per heavy atom. The number of amides is 2. The van der Waals surface area contributed by atoms with Gasteiger partial charge in [0, 0.05) is 17.3 Å². The number of rotatable bonds is 5. The van der Waals surface area contributed by atoms with Gasteiger partial charge >= 0.3 is 0 Å². The first kappa shape index (κ1) is 22.4. The summed E-state index contributed by atoms with van der Waals surface area (Å²) in [4.78, 5) is 38.0. The molecule has 8 nitrogen and oxygen atoms in total. The molecule has 0 aliphatic carbocycles. The van der Waals surface area contributed by atoms with E-state index >= 15 is 0 Å². The smallest absolute Gasteiger partial charge is 0.263 e. The maximum absolute atomic E-state index is 13.6. The molecule has 2 amide bonds. The molecule has 3 aromatic rings. The Morgan fingerprint density at radius 1 is 1.08 bits per heavy atom. The minimum atomic E-state index is -0.652. The number of thioether (sulfide) groups is 1. The predicted molar refractivity (Wildman–Crippen MR) is 139 cm³/mol. The average Bonchev–Trinajstić information content (AvgIpc) is 3.52. The van der Waals surface area contributed by atoms with Gasteiger partial charge in [-0.05, 0) is 36.2 Å².